The fraction of sp³-hybridized carbons (Fsp3) is 0.375. The zero-order chi connectivity index (χ0) is 21.3. The smallest absolute Gasteiger partial charge is 0.416 e. The lowest BCUT2D eigenvalue weighted by molar-refractivity contribution is -0.144. The van der Waals surface area contributed by atoms with Crippen molar-refractivity contribution >= 4 is 5.97 Å². The van der Waals surface area contributed by atoms with E-state index in [4.69, 9.17) is 4.74 Å². The number of halogens is 3. The number of esters is 1. The molecule has 0 saturated heterocycles. The van der Waals surface area contributed by atoms with E-state index < -0.39 is 11.7 Å². The van der Waals surface area contributed by atoms with E-state index in [1.165, 1.54) is 17.7 Å². The zero-order valence-electron chi connectivity index (χ0n) is 16.7. The number of hydrogen-bond acceptors (Lipinski definition) is 2. The second kappa shape index (κ2) is 10.8. The van der Waals surface area contributed by atoms with Gasteiger partial charge in [-0.05, 0) is 55.9 Å². The maximum absolute atomic E-state index is 12.6. The highest BCUT2D eigenvalue weighted by Gasteiger charge is 2.29. The van der Waals surface area contributed by atoms with Crippen LogP contribution in [0.4, 0.5) is 13.2 Å². The third-order valence-corrected chi connectivity index (χ3v) is 4.85. The number of hydrogen-bond donors (Lipinski definition) is 0. The minimum absolute atomic E-state index is 0.116. The second-order valence-electron chi connectivity index (χ2n) is 7.20. The van der Waals surface area contributed by atoms with Crippen LogP contribution in [0.3, 0.4) is 0 Å². The van der Waals surface area contributed by atoms with E-state index in [1.54, 1.807) is 0 Å². The van der Waals surface area contributed by atoms with Crippen LogP contribution in [-0.4, -0.2) is 12.6 Å². The Labute approximate surface area is 170 Å². The fourth-order valence-electron chi connectivity index (χ4n) is 3.07. The fourth-order valence-corrected chi connectivity index (χ4v) is 3.07. The summed E-state index contributed by atoms with van der Waals surface area (Å²) in [5.74, 6) is -0.226. The SMILES string of the molecule is C=CCCC[C@H](COC(=O)CCc1ccc(C(F)(F)F)cc1)c1ccc(C)cc1. The first kappa shape index (κ1) is 22.7. The van der Waals surface area contributed by atoms with Crippen molar-refractivity contribution in [3.63, 3.8) is 0 Å². The number of alkyl halides is 3. The molecule has 0 amide bonds. The monoisotopic (exact) mass is 404 g/mol. The van der Waals surface area contributed by atoms with Crippen molar-refractivity contribution in [3.05, 3.63) is 83.4 Å². The van der Waals surface area contributed by atoms with Gasteiger partial charge in [-0.1, -0.05) is 48.0 Å². The average Bonchev–Trinajstić information content (AvgIpc) is 2.69. The van der Waals surface area contributed by atoms with Gasteiger partial charge in [0, 0.05) is 12.3 Å². The van der Waals surface area contributed by atoms with E-state index in [0.29, 0.717) is 18.6 Å². The molecule has 0 aliphatic rings. The maximum Gasteiger partial charge on any atom is 0.416 e. The molecule has 0 radical (unpaired) electrons. The Kier molecular flexibility index (Phi) is 8.50. The number of allylic oxidation sites excluding steroid dienone is 1. The summed E-state index contributed by atoms with van der Waals surface area (Å²) in [6, 6.07) is 13.1. The van der Waals surface area contributed by atoms with Gasteiger partial charge in [0.05, 0.1) is 12.2 Å². The van der Waals surface area contributed by atoms with Gasteiger partial charge in [-0.3, -0.25) is 4.79 Å². The van der Waals surface area contributed by atoms with Crippen molar-refractivity contribution in [2.24, 2.45) is 0 Å². The van der Waals surface area contributed by atoms with Gasteiger partial charge in [0.15, 0.2) is 0 Å². The molecule has 0 aliphatic carbocycles. The lowest BCUT2D eigenvalue weighted by Gasteiger charge is -2.18. The number of carbonyl (C=O) groups excluding carboxylic acids is 1. The number of carbonyl (C=O) groups is 1. The van der Waals surface area contributed by atoms with Crippen molar-refractivity contribution in [3.8, 4) is 0 Å². The van der Waals surface area contributed by atoms with Crippen LogP contribution in [0.5, 0.6) is 0 Å². The van der Waals surface area contributed by atoms with Gasteiger partial charge >= 0.3 is 12.1 Å². The standard InChI is InChI=1S/C24H27F3O2/c1-3-4-5-6-21(20-12-7-18(2)8-13-20)17-29-23(28)16-11-19-9-14-22(15-10-19)24(25,26)27/h3,7-10,12-15,21H,1,4-6,11,16-17H2,2H3/t21-/m1/s1. The lowest BCUT2D eigenvalue weighted by Crippen LogP contribution is -2.14. The Hall–Kier alpha value is -2.56. The summed E-state index contributed by atoms with van der Waals surface area (Å²) in [7, 11) is 0. The van der Waals surface area contributed by atoms with E-state index in [9.17, 15) is 18.0 Å². The molecule has 0 heterocycles. The molecule has 0 fully saturated rings. The average molecular weight is 404 g/mol. The minimum Gasteiger partial charge on any atom is -0.465 e. The van der Waals surface area contributed by atoms with Crippen LogP contribution in [0, 0.1) is 6.92 Å². The van der Waals surface area contributed by atoms with Crippen LogP contribution in [0.15, 0.2) is 61.2 Å². The van der Waals surface area contributed by atoms with Crippen molar-refractivity contribution < 1.29 is 22.7 Å². The Bertz CT molecular complexity index is 777. The molecule has 0 saturated carbocycles. The zero-order valence-corrected chi connectivity index (χ0v) is 16.7. The summed E-state index contributed by atoms with van der Waals surface area (Å²) in [5, 5.41) is 0. The number of ether oxygens (including phenoxy) is 1. The third kappa shape index (κ3) is 7.76. The van der Waals surface area contributed by atoms with E-state index in [0.717, 1.165) is 37.0 Å². The molecular formula is C24H27F3O2. The topological polar surface area (TPSA) is 26.3 Å². The molecule has 2 aromatic carbocycles. The van der Waals surface area contributed by atoms with Gasteiger partial charge in [-0.2, -0.15) is 13.2 Å². The summed E-state index contributed by atoms with van der Waals surface area (Å²) in [5.41, 5.74) is 2.29. The minimum atomic E-state index is -4.35. The quantitative estimate of drug-likeness (QED) is 0.252. The largest absolute Gasteiger partial charge is 0.465 e. The van der Waals surface area contributed by atoms with Crippen LogP contribution >= 0.6 is 0 Å². The summed E-state index contributed by atoms with van der Waals surface area (Å²) >= 11 is 0. The van der Waals surface area contributed by atoms with Crippen molar-refractivity contribution in [2.45, 2.75) is 51.1 Å². The third-order valence-electron chi connectivity index (χ3n) is 4.85. The number of benzene rings is 2. The van der Waals surface area contributed by atoms with Crippen molar-refractivity contribution in [1.82, 2.24) is 0 Å². The van der Waals surface area contributed by atoms with Gasteiger partial charge in [0.1, 0.15) is 0 Å². The molecule has 156 valence electrons. The Balaban J connectivity index is 1.86. The van der Waals surface area contributed by atoms with Crippen LogP contribution in [0.1, 0.15) is 53.9 Å². The lowest BCUT2D eigenvalue weighted by atomic mass is 9.93. The Morgan fingerprint density at radius 2 is 1.76 bits per heavy atom. The van der Waals surface area contributed by atoms with Gasteiger partial charge in [-0.25, -0.2) is 0 Å². The van der Waals surface area contributed by atoms with Crippen LogP contribution < -0.4 is 0 Å². The van der Waals surface area contributed by atoms with E-state index in [-0.39, 0.29) is 18.3 Å². The number of aryl methyl sites for hydroxylation is 2. The molecule has 1 atom stereocenters. The van der Waals surface area contributed by atoms with Crippen molar-refractivity contribution in [1.29, 1.82) is 0 Å². The van der Waals surface area contributed by atoms with Crippen LogP contribution in [-0.2, 0) is 22.1 Å². The predicted molar refractivity (Wildman–Crippen MR) is 109 cm³/mol. The maximum atomic E-state index is 12.6. The first-order chi connectivity index (χ1) is 13.8. The molecule has 5 heteroatoms. The van der Waals surface area contributed by atoms with E-state index >= 15 is 0 Å². The highest BCUT2D eigenvalue weighted by Crippen LogP contribution is 2.29. The van der Waals surface area contributed by atoms with Crippen LogP contribution in [0.25, 0.3) is 0 Å². The van der Waals surface area contributed by atoms with Gasteiger partial charge in [-0.15, -0.1) is 6.58 Å². The molecule has 0 bridgehead atoms. The molecule has 0 aliphatic heterocycles. The van der Waals surface area contributed by atoms with Gasteiger partial charge < -0.3 is 4.74 Å². The molecule has 0 unspecified atom stereocenters. The molecule has 0 aromatic heterocycles. The summed E-state index contributed by atoms with van der Waals surface area (Å²) in [6.45, 7) is 6.06. The molecule has 2 rings (SSSR count). The van der Waals surface area contributed by atoms with Gasteiger partial charge in [0.25, 0.3) is 0 Å². The summed E-state index contributed by atoms with van der Waals surface area (Å²) in [6.07, 6.45) is 0.772. The molecule has 29 heavy (non-hydrogen) atoms. The van der Waals surface area contributed by atoms with E-state index in [1.807, 2.05) is 25.1 Å². The second-order valence-corrected chi connectivity index (χ2v) is 7.20. The van der Waals surface area contributed by atoms with Crippen molar-refractivity contribution in [2.75, 3.05) is 6.61 Å². The predicted octanol–water partition coefficient (Wildman–Crippen LogP) is 6.63. The normalized spacial score (nSPS) is 12.4. The van der Waals surface area contributed by atoms with E-state index in [2.05, 4.69) is 18.7 Å². The molecule has 0 N–H and O–H groups in total. The number of rotatable bonds is 10. The molecule has 0 spiro atoms. The first-order valence-electron chi connectivity index (χ1n) is 9.79. The van der Waals surface area contributed by atoms with Crippen LogP contribution in [0.2, 0.25) is 0 Å². The molecular weight excluding hydrogens is 377 g/mol. The highest BCUT2D eigenvalue weighted by atomic mass is 19.4. The number of unbranched alkanes of at least 4 members (excludes halogenated alkanes) is 1. The Morgan fingerprint density at radius 3 is 2.34 bits per heavy atom. The first-order valence-corrected chi connectivity index (χ1v) is 9.79. The summed E-state index contributed by atoms with van der Waals surface area (Å²) in [4.78, 5) is 12.1. The molecule has 2 aromatic rings. The Morgan fingerprint density at radius 1 is 1.10 bits per heavy atom. The highest BCUT2D eigenvalue weighted by molar-refractivity contribution is 5.69. The molecule has 2 nitrogen and oxygen atoms in total. The van der Waals surface area contributed by atoms with Gasteiger partial charge in [0.2, 0.25) is 0 Å². The summed E-state index contributed by atoms with van der Waals surface area (Å²) < 4.78 is 43.3.